The minimum absolute atomic E-state index is 0.251. The molecule has 0 aromatic heterocycles. The maximum Gasteiger partial charge on any atom is 0.231 e. The number of rotatable bonds is 3. The Hall–Kier alpha value is -2.27. The number of fused-ring (bicyclic) bond motifs is 1. The molecule has 0 radical (unpaired) electrons. The van der Waals surface area contributed by atoms with Crippen LogP contribution in [0.2, 0.25) is 0 Å². The van der Waals surface area contributed by atoms with Gasteiger partial charge in [-0.2, -0.15) is 0 Å². The number of aryl methyl sites for hydroxylation is 1. The van der Waals surface area contributed by atoms with Gasteiger partial charge in [-0.05, 0) is 42.8 Å². The summed E-state index contributed by atoms with van der Waals surface area (Å²) in [6.07, 6.45) is 0. The second kappa shape index (κ2) is 5.02. The number of thiocarbonyl (C=S) groups is 1. The fourth-order valence-corrected chi connectivity index (χ4v) is 2.28. The first-order valence-electron chi connectivity index (χ1n) is 6.11. The van der Waals surface area contributed by atoms with Crippen LogP contribution in [0.3, 0.4) is 0 Å². The Morgan fingerprint density at radius 2 is 1.80 bits per heavy atom. The molecule has 4 nitrogen and oxygen atoms in total. The summed E-state index contributed by atoms with van der Waals surface area (Å²) in [5.41, 5.74) is 7.48. The van der Waals surface area contributed by atoms with Gasteiger partial charge in [0, 0.05) is 11.6 Å². The minimum Gasteiger partial charge on any atom is -0.457 e. The Labute approximate surface area is 122 Å². The van der Waals surface area contributed by atoms with E-state index in [-0.39, 0.29) is 6.79 Å². The van der Waals surface area contributed by atoms with E-state index in [1.54, 1.807) is 6.07 Å². The van der Waals surface area contributed by atoms with Gasteiger partial charge in [-0.25, -0.2) is 0 Å². The molecule has 2 aromatic carbocycles. The first-order chi connectivity index (χ1) is 9.63. The lowest BCUT2D eigenvalue weighted by Crippen LogP contribution is -2.10. The van der Waals surface area contributed by atoms with Crippen molar-refractivity contribution in [2.24, 2.45) is 5.73 Å². The molecule has 0 atom stereocenters. The predicted molar refractivity (Wildman–Crippen MR) is 79.7 cm³/mol. The molecule has 5 heteroatoms. The van der Waals surface area contributed by atoms with Crippen molar-refractivity contribution < 1.29 is 14.2 Å². The van der Waals surface area contributed by atoms with Crippen LogP contribution < -0.4 is 19.9 Å². The lowest BCUT2D eigenvalue weighted by Gasteiger charge is -2.09. The van der Waals surface area contributed by atoms with Crippen LogP contribution in [0.15, 0.2) is 36.4 Å². The van der Waals surface area contributed by atoms with E-state index in [4.69, 9.17) is 32.2 Å². The van der Waals surface area contributed by atoms with E-state index in [1.807, 2.05) is 37.3 Å². The third-order valence-electron chi connectivity index (χ3n) is 3.04. The van der Waals surface area contributed by atoms with Crippen molar-refractivity contribution in [3.63, 3.8) is 0 Å². The monoisotopic (exact) mass is 287 g/mol. The van der Waals surface area contributed by atoms with Crippen LogP contribution in [0.4, 0.5) is 0 Å². The largest absolute Gasteiger partial charge is 0.457 e. The van der Waals surface area contributed by atoms with Gasteiger partial charge in [-0.3, -0.25) is 0 Å². The summed E-state index contributed by atoms with van der Waals surface area (Å²) in [6.45, 7) is 2.20. The maximum absolute atomic E-state index is 5.80. The van der Waals surface area contributed by atoms with Crippen LogP contribution in [0.1, 0.15) is 11.1 Å². The molecule has 20 heavy (non-hydrogen) atoms. The van der Waals surface area contributed by atoms with Gasteiger partial charge in [0.05, 0.1) is 0 Å². The van der Waals surface area contributed by atoms with Crippen LogP contribution >= 0.6 is 12.2 Å². The summed E-state index contributed by atoms with van der Waals surface area (Å²) in [6, 6.07) is 11.1. The normalized spacial score (nSPS) is 12.2. The molecule has 1 aliphatic heterocycles. The second-order valence-corrected chi connectivity index (χ2v) is 4.90. The molecule has 0 fully saturated rings. The van der Waals surface area contributed by atoms with E-state index in [2.05, 4.69) is 0 Å². The molecule has 3 rings (SSSR count). The Morgan fingerprint density at radius 1 is 1.10 bits per heavy atom. The summed E-state index contributed by atoms with van der Waals surface area (Å²) in [5, 5.41) is 0. The molecule has 0 spiro atoms. The third kappa shape index (κ3) is 2.40. The average Bonchev–Trinajstić information content (AvgIpc) is 2.85. The first kappa shape index (κ1) is 12.7. The average molecular weight is 287 g/mol. The van der Waals surface area contributed by atoms with Crippen LogP contribution in [0.5, 0.6) is 23.0 Å². The van der Waals surface area contributed by atoms with Gasteiger partial charge in [0.25, 0.3) is 0 Å². The van der Waals surface area contributed by atoms with Crippen molar-refractivity contribution >= 4 is 17.2 Å². The van der Waals surface area contributed by atoms with Crippen LogP contribution in [0, 0.1) is 6.92 Å². The minimum atomic E-state index is 0.251. The molecule has 2 aromatic rings. The van der Waals surface area contributed by atoms with E-state index in [0.717, 1.165) is 22.6 Å². The molecule has 1 aliphatic rings. The molecule has 0 saturated heterocycles. The van der Waals surface area contributed by atoms with E-state index in [0.29, 0.717) is 16.5 Å². The highest BCUT2D eigenvalue weighted by Gasteiger charge is 2.14. The van der Waals surface area contributed by atoms with Gasteiger partial charge in [-0.15, -0.1) is 0 Å². The van der Waals surface area contributed by atoms with Crippen molar-refractivity contribution in [3.8, 4) is 23.0 Å². The molecular formula is C15H13NO3S. The molecule has 2 N–H and O–H groups in total. The SMILES string of the molecule is Cc1cc(Oc2ccc3c(c2)OCO3)ccc1C(N)=S. The summed E-state index contributed by atoms with van der Waals surface area (Å²) >= 11 is 4.98. The number of ether oxygens (including phenoxy) is 3. The van der Waals surface area contributed by atoms with Gasteiger partial charge in [0.2, 0.25) is 6.79 Å². The summed E-state index contributed by atoms with van der Waals surface area (Å²) in [4.78, 5) is 0.386. The second-order valence-electron chi connectivity index (χ2n) is 4.46. The maximum atomic E-state index is 5.80. The zero-order valence-corrected chi connectivity index (χ0v) is 11.7. The number of benzene rings is 2. The van der Waals surface area contributed by atoms with Gasteiger partial charge in [0.1, 0.15) is 16.5 Å². The van der Waals surface area contributed by atoms with Crippen LogP contribution in [0.25, 0.3) is 0 Å². The van der Waals surface area contributed by atoms with Gasteiger partial charge >= 0.3 is 0 Å². The number of hydrogen-bond donors (Lipinski definition) is 1. The fraction of sp³-hybridized carbons (Fsp3) is 0.133. The highest BCUT2D eigenvalue weighted by Crippen LogP contribution is 2.36. The fourth-order valence-electron chi connectivity index (χ4n) is 2.05. The molecule has 102 valence electrons. The molecule has 0 unspecified atom stereocenters. The smallest absolute Gasteiger partial charge is 0.231 e. The van der Waals surface area contributed by atoms with Crippen molar-refractivity contribution in [3.05, 3.63) is 47.5 Å². The molecule has 0 amide bonds. The van der Waals surface area contributed by atoms with Gasteiger partial charge < -0.3 is 19.9 Å². The molecule has 1 heterocycles. The zero-order valence-electron chi connectivity index (χ0n) is 10.9. The van der Waals surface area contributed by atoms with Crippen LogP contribution in [-0.2, 0) is 0 Å². The van der Waals surface area contributed by atoms with Crippen molar-refractivity contribution in [1.29, 1.82) is 0 Å². The van der Waals surface area contributed by atoms with Crippen LogP contribution in [-0.4, -0.2) is 11.8 Å². The topological polar surface area (TPSA) is 53.7 Å². The van der Waals surface area contributed by atoms with E-state index >= 15 is 0 Å². The quantitative estimate of drug-likeness (QED) is 0.879. The summed E-state index contributed by atoms with van der Waals surface area (Å²) in [5.74, 6) is 2.84. The highest BCUT2D eigenvalue weighted by atomic mass is 32.1. The Bertz CT molecular complexity index is 685. The lowest BCUT2D eigenvalue weighted by atomic mass is 10.1. The Morgan fingerprint density at radius 3 is 2.55 bits per heavy atom. The summed E-state index contributed by atoms with van der Waals surface area (Å²) < 4.78 is 16.4. The van der Waals surface area contributed by atoms with E-state index < -0.39 is 0 Å². The number of nitrogens with two attached hydrogens (primary N) is 1. The molecule has 0 bridgehead atoms. The van der Waals surface area contributed by atoms with Crippen molar-refractivity contribution in [1.82, 2.24) is 0 Å². The third-order valence-corrected chi connectivity index (χ3v) is 3.26. The number of hydrogen-bond acceptors (Lipinski definition) is 4. The Balaban J connectivity index is 1.84. The first-order valence-corrected chi connectivity index (χ1v) is 6.52. The lowest BCUT2D eigenvalue weighted by molar-refractivity contribution is 0.174. The van der Waals surface area contributed by atoms with Gasteiger partial charge in [0.15, 0.2) is 11.5 Å². The van der Waals surface area contributed by atoms with E-state index in [9.17, 15) is 0 Å². The molecule has 0 saturated carbocycles. The molecular weight excluding hydrogens is 274 g/mol. The zero-order chi connectivity index (χ0) is 14.1. The Kier molecular flexibility index (Phi) is 3.20. The molecule has 0 aliphatic carbocycles. The van der Waals surface area contributed by atoms with Crippen molar-refractivity contribution in [2.75, 3.05) is 6.79 Å². The highest BCUT2D eigenvalue weighted by molar-refractivity contribution is 7.80. The van der Waals surface area contributed by atoms with Gasteiger partial charge in [-0.1, -0.05) is 12.2 Å². The standard InChI is InChI=1S/C15H13NO3S/c1-9-6-10(2-4-12(9)15(16)20)19-11-3-5-13-14(7-11)18-8-17-13/h2-7H,8H2,1H3,(H2,16,20). The van der Waals surface area contributed by atoms with E-state index in [1.165, 1.54) is 0 Å². The summed E-state index contributed by atoms with van der Waals surface area (Å²) in [7, 11) is 0. The van der Waals surface area contributed by atoms with Crippen molar-refractivity contribution in [2.45, 2.75) is 6.92 Å². The predicted octanol–water partition coefficient (Wildman–Crippen LogP) is 3.15.